The van der Waals surface area contributed by atoms with Crippen LogP contribution in [0.25, 0.3) is 0 Å². The molecule has 19 heavy (non-hydrogen) atoms. The Morgan fingerprint density at radius 2 is 2.16 bits per heavy atom. The van der Waals surface area contributed by atoms with Crippen LogP contribution in [0.1, 0.15) is 21.9 Å². The van der Waals surface area contributed by atoms with Gasteiger partial charge in [0.25, 0.3) is 0 Å². The SMILES string of the molecule is COC(=O)c1ccc(CNc2ccc(C)c(I)c2)o1. The summed E-state index contributed by atoms with van der Waals surface area (Å²) in [5.74, 6) is 0.449. The highest BCUT2D eigenvalue weighted by molar-refractivity contribution is 14.1. The summed E-state index contributed by atoms with van der Waals surface area (Å²) in [5, 5.41) is 3.25. The van der Waals surface area contributed by atoms with Crippen molar-refractivity contribution < 1.29 is 13.9 Å². The molecule has 0 fully saturated rings. The van der Waals surface area contributed by atoms with Gasteiger partial charge in [0.05, 0.1) is 13.7 Å². The Labute approximate surface area is 125 Å². The maximum absolute atomic E-state index is 11.2. The van der Waals surface area contributed by atoms with Gasteiger partial charge in [-0.15, -0.1) is 0 Å². The molecule has 1 aromatic heterocycles. The number of nitrogens with one attached hydrogen (secondary N) is 1. The molecular weight excluding hydrogens is 357 g/mol. The zero-order chi connectivity index (χ0) is 13.8. The first-order valence-corrected chi connectivity index (χ1v) is 6.85. The minimum atomic E-state index is -0.462. The number of ether oxygens (including phenoxy) is 1. The lowest BCUT2D eigenvalue weighted by Gasteiger charge is -2.06. The lowest BCUT2D eigenvalue weighted by Crippen LogP contribution is -2.00. The number of benzene rings is 1. The Morgan fingerprint density at radius 1 is 1.37 bits per heavy atom. The summed E-state index contributed by atoms with van der Waals surface area (Å²) in [4.78, 5) is 11.2. The summed E-state index contributed by atoms with van der Waals surface area (Å²) in [7, 11) is 1.33. The van der Waals surface area contributed by atoms with Crippen molar-refractivity contribution in [2.45, 2.75) is 13.5 Å². The number of halogens is 1. The molecule has 0 saturated heterocycles. The van der Waals surface area contributed by atoms with E-state index in [0.29, 0.717) is 12.3 Å². The summed E-state index contributed by atoms with van der Waals surface area (Å²) >= 11 is 2.30. The van der Waals surface area contributed by atoms with Gasteiger partial charge in [-0.2, -0.15) is 0 Å². The summed E-state index contributed by atoms with van der Waals surface area (Å²) < 4.78 is 11.2. The highest BCUT2D eigenvalue weighted by Gasteiger charge is 2.10. The van der Waals surface area contributed by atoms with E-state index < -0.39 is 5.97 Å². The molecule has 5 heteroatoms. The van der Waals surface area contributed by atoms with E-state index in [9.17, 15) is 4.79 Å². The van der Waals surface area contributed by atoms with Gasteiger partial charge in [-0.1, -0.05) is 6.07 Å². The van der Waals surface area contributed by atoms with Crippen molar-refractivity contribution in [1.82, 2.24) is 0 Å². The number of methoxy groups -OCH3 is 1. The Morgan fingerprint density at radius 3 is 2.84 bits per heavy atom. The standard InChI is InChI=1S/C14H14INO3/c1-9-3-4-10(7-12(9)15)16-8-11-5-6-13(19-11)14(17)18-2/h3-7,16H,8H2,1-2H3. The van der Waals surface area contributed by atoms with E-state index in [-0.39, 0.29) is 5.76 Å². The van der Waals surface area contributed by atoms with Crippen molar-refractivity contribution in [3.05, 3.63) is 51.0 Å². The molecule has 0 aliphatic heterocycles. The topological polar surface area (TPSA) is 51.5 Å². The van der Waals surface area contributed by atoms with Crippen molar-refractivity contribution in [2.24, 2.45) is 0 Å². The van der Waals surface area contributed by atoms with Gasteiger partial charge >= 0.3 is 5.97 Å². The van der Waals surface area contributed by atoms with Gasteiger partial charge in [-0.25, -0.2) is 4.79 Å². The molecule has 0 aliphatic rings. The lowest BCUT2D eigenvalue weighted by atomic mass is 10.2. The summed E-state index contributed by atoms with van der Waals surface area (Å²) in [5.41, 5.74) is 2.27. The molecule has 1 heterocycles. The molecule has 1 aromatic carbocycles. The number of aryl methyl sites for hydroxylation is 1. The molecule has 0 unspecified atom stereocenters. The van der Waals surface area contributed by atoms with Crippen LogP contribution in [0.2, 0.25) is 0 Å². The number of furan rings is 1. The average molecular weight is 371 g/mol. The molecule has 100 valence electrons. The zero-order valence-electron chi connectivity index (χ0n) is 10.7. The predicted octanol–water partition coefficient (Wildman–Crippen LogP) is 3.59. The first-order chi connectivity index (χ1) is 9.10. The smallest absolute Gasteiger partial charge is 0.373 e. The summed E-state index contributed by atoms with van der Waals surface area (Å²) in [6, 6.07) is 9.52. The summed E-state index contributed by atoms with van der Waals surface area (Å²) in [6.07, 6.45) is 0. The maximum atomic E-state index is 11.2. The molecule has 1 N–H and O–H groups in total. The molecule has 0 amide bonds. The number of hydrogen-bond acceptors (Lipinski definition) is 4. The summed E-state index contributed by atoms with van der Waals surface area (Å²) in [6.45, 7) is 2.59. The Hall–Kier alpha value is -1.50. The fraction of sp³-hybridized carbons (Fsp3) is 0.214. The molecule has 0 radical (unpaired) electrons. The van der Waals surface area contributed by atoms with E-state index in [1.807, 2.05) is 6.07 Å². The minimum absolute atomic E-state index is 0.220. The number of carbonyl (C=O) groups excluding carboxylic acids is 1. The zero-order valence-corrected chi connectivity index (χ0v) is 12.9. The van der Waals surface area contributed by atoms with Crippen LogP contribution in [0, 0.1) is 10.5 Å². The monoisotopic (exact) mass is 371 g/mol. The Kier molecular flexibility index (Phi) is 4.47. The van der Waals surface area contributed by atoms with Crippen LogP contribution in [0.15, 0.2) is 34.7 Å². The third kappa shape index (κ3) is 3.50. The van der Waals surface area contributed by atoms with Gasteiger partial charge in [0, 0.05) is 9.26 Å². The number of esters is 1. The van der Waals surface area contributed by atoms with E-state index in [0.717, 1.165) is 5.69 Å². The molecule has 0 saturated carbocycles. The number of rotatable bonds is 4. The fourth-order valence-electron chi connectivity index (χ4n) is 1.58. The second kappa shape index (κ2) is 6.10. The van der Waals surface area contributed by atoms with Crippen molar-refractivity contribution >= 4 is 34.2 Å². The Balaban J connectivity index is 2.00. The van der Waals surface area contributed by atoms with Crippen LogP contribution in [-0.2, 0) is 11.3 Å². The normalized spacial score (nSPS) is 10.3. The molecule has 4 nitrogen and oxygen atoms in total. The van der Waals surface area contributed by atoms with Gasteiger partial charge in [0.15, 0.2) is 0 Å². The van der Waals surface area contributed by atoms with E-state index in [1.54, 1.807) is 12.1 Å². The third-order valence-electron chi connectivity index (χ3n) is 2.69. The van der Waals surface area contributed by atoms with Crippen molar-refractivity contribution in [3.63, 3.8) is 0 Å². The predicted molar refractivity (Wildman–Crippen MR) is 81.3 cm³/mol. The van der Waals surface area contributed by atoms with E-state index in [1.165, 1.54) is 16.2 Å². The van der Waals surface area contributed by atoms with E-state index in [4.69, 9.17) is 4.42 Å². The molecule has 2 rings (SSSR count). The Bertz CT molecular complexity index is 592. The van der Waals surface area contributed by atoms with E-state index >= 15 is 0 Å². The average Bonchev–Trinajstić information content (AvgIpc) is 2.88. The highest BCUT2D eigenvalue weighted by atomic mass is 127. The number of carbonyl (C=O) groups is 1. The minimum Gasteiger partial charge on any atom is -0.463 e. The van der Waals surface area contributed by atoms with Crippen LogP contribution in [0.3, 0.4) is 0 Å². The van der Waals surface area contributed by atoms with Gasteiger partial charge < -0.3 is 14.5 Å². The fourth-order valence-corrected chi connectivity index (χ4v) is 2.09. The van der Waals surface area contributed by atoms with Gasteiger partial charge in [-0.3, -0.25) is 0 Å². The largest absolute Gasteiger partial charge is 0.463 e. The molecule has 2 aromatic rings. The van der Waals surface area contributed by atoms with Gasteiger partial charge in [0.2, 0.25) is 5.76 Å². The second-order valence-corrected chi connectivity index (χ2v) is 5.24. The van der Waals surface area contributed by atoms with Crippen LogP contribution in [0.5, 0.6) is 0 Å². The van der Waals surface area contributed by atoms with Gasteiger partial charge in [-0.05, 0) is 59.3 Å². The van der Waals surface area contributed by atoms with Crippen molar-refractivity contribution in [1.29, 1.82) is 0 Å². The van der Waals surface area contributed by atoms with Crippen LogP contribution >= 0.6 is 22.6 Å². The van der Waals surface area contributed by atoms with Gasteiger partial charge in [0.1, 0.15) is 5.76 Å². The molecule has 0 atom stereocenters. The highest BCUT2D eigenvalue weighted by Crippen LogP contribution is 2.18. The quantitative estimate of drug-likeness (QED) is 0.659. The van der Waals surface area contributed by atoms with Crippen LogP contribution in [-0.4, -0.2) is 13.1 Å². The second-order valence-electron chi connectivity index (χ2n) is 4.08. The number of anilines is 1. The molecular formula is C14H14INO3. The lowest BCUT2D eigenvalue weighted by molar-refractivity contribution is 0.0563. The molecule has 0 spiro atoms. The first kappa shape index (κ1) is 13.9. The molecule has 0 aliphatic carbocycles. The van der Waals surface area contributed by atoms with Crippen LogP contribution in [0.4, 0.5) is 5.69 Å². The first-order valence-electron chi connectivity index (χ1n) is 5.77. The molecule has 0 bridgehead atoms. The van der Waals surface area contributed by atoms with Crippen molar-refractivity contribution in [3.8, 4) is 0 Å². The number of hydrogen-bond donors (Lipinski definition) is 1. The maximum Gasteiger partial charge on any atom is 0.373 e. The van der Waals surface area contributed by atoms with Crippen molar-refractivity contribution in [2.75, 3.05) is 12.4 Å². The third-order valence-corrected chi connectivity index (χ3v) is 3.85. The van der Waals surface area contributed by atoms with Crippen LogP contribution < -0.4 is 5.32 Å². The van der Waals surface area contributed by atoms with E-state index in [2.05, 4.69) is 51.7 Å².